The van der Waals surface area contributed by atoms with Crippen molar-refractivity contribution < 1.29 is 159 Å². The molecule has 1 heterocycles. The first kappa shape index (κ1) is 66.1. The second-order valence-electron chi connectivity index (χ2n) is 16.4. The number of alkyl halides is 10. The number of halogens is 10. The summed E-state index contributed by atoms with van der Waals surface area (Å²) in [7, 11) is 0. The van der Waals surface area contributed by atoms with Gasteiger partial charge >= 0.3 is 106 Å². The SMILES string of the molecule is CC(C)(C)O.CC(C)(C)[O-].O=C(O)C1CCC(CC(F)(F)C(F)(F)F)CC1.O=C(OCc1ccccc1)C1CCC(CC(F)(F)C(F)(F)F)CC1.OC1CCCO1.[K+].[Li+].[OH-]. The Morgan fingerprint density at radius 3 is 1.33 bits per heavy atom. The van der Waals surface area contributed by atoms with E-state index in [1.807, 2.05) is 30.3 Å². The minimum atomic E-state index is -5.52. The number of hydrogen-bond donors (Lipinski definition) is 3. The summed E-state index contributed by atoms with van der Waals surface area (Å²) in [5.41, 5.74) is -0.413. The van der Waals surface area contributed by atoms with Crippen molar-refractivity contribution in [2.45, 2.75) is 167 Å². The molecule has 0 bridgehead atoms. The van der Waals surface area contributed by atoms with Crippen LogP contribution in [0.5, 0.6) is 0 Å². The van der Waals surface area contributed by atoms with E-state index in [-0.39, 0.29) is 134 Å². The molecule has 2 saturated carbocycles. The van der Waals surface area contributed by atoms with Crippen LogP contribution in [-0.2, 0) is 25.7 Å². The molecule has 1 aromatic carbocycles. The summed E-state index contributed by atoms with van der Waals surface area (Å²) >= 11 is 0. The summed E-state index contributed by atoms with van der Waals surface area (Å²) in [6.07, 6.45) is -10.6. The van der Waals surface area contributed by atoms with Crippen LogP contribution >= 0.6 is 0 Å². The minimum Gasteiger partial charge on any atom is -0.870 e. The molecule has 21 heteroatoms. The van der Waals surface area contributed by atoms with Gasteiger partial charge in [0.15, 0.2) is 6.29 Å². The second-order valence-corrected chi connectivity index (χ2v) is 16.4. The maximum Gasteiger partial charge on any atom is 1.00 e. The van der Waals surface area contributed by atoms with Crippen LogP contribution in [0.1, 0.15) is 124 Å². The van der Waals surface area contributed by atoms with Crippen LogP contribution in [0.4, 0.5) is 43.9 Å². The number of esters is 1. The van der Waals surface area contributed by atoms with Crippen molar-refractivity contribution in [2.24, 2.45) is 23.7 Å². The molecule has 1 aromatic rings. The van der Waals surface area contributed by atoms with E-state index >= 15 is 0 Å². The number of carboxylic acid groups (broad SMARTS) is 1. The maximum atomic E-state index is 13.1. The molecule has 4 N–H and O–H groups in total. The molecule has 0 spiro atoms. The van der Waals surface area contributed by atoms with Gasteiger partial charge in [-0.25, -0.2) is 0 Å². The zero-order valence-electron chi connectivity index (χ0n) is 35.8. The van der Waals surface area contributed by atoms with Gasteiger partial charge in [0.05, 0.1) is 17.4 Å². The number of carbonyl (C=O) groups excluding carboxylic acids is 1. The zero-order chi connectivity index (χ0) is 44.5. The molecule has 1 aliphatic heterocycles. The molecule has 0 radical (unpaired) electrons. The van der Waals surface area contributed by atoms with Gasteiger partial charge in [-0.15, -0.1) is 5.60 Å². The van der Waals surface area contributed by atoms with Crippen LogP contribution < -0.4 is 75.4 Å². The number of aliphatic hydroxyl groups is 2. The van der Waals surface area contributed by atoms with Crippen molar-refractivity contribution >= 4 is 11.9 Å². The number of benzene rings is 1. The van der Waals surface area contributed by atoms with Gasteiger partial charge in [-0.2, -0.15) is 43.9 Å². The molecule has 342 valence electrons. The Morgan fingerprint density at radius 2 is 1.07 bits per heavy atom. The van der Waals surface area contributed by atoms with Gasteiger partial charge in [-0.1, -0.05) is 51.1 Å². The predicted molar refractivity (Wildman–Crippen MR) is 191 cm³/mol. The van der Waals surface area contributed by atoms with Gasteiger partial charge in [0.25, 0.3) is 0 Å². The van der Waals surface area contributed by atoms with Crippen molar-refractivity contribution in [3.8, 4) is 0 Å². The number of hydrogen-bond acceptors (Lipinski definition) is 8. The van der Waals surface area contributed by atoms with Crippen molar-refractivity contribution in [3.05, 3.63) is 35.9 Å². The first-order valence-electron chi connectivity index (χ1n) is 18.8. The predicted octanol–water partition coefficient (Wildman–Crippen LogP) is 3.46. The number of carbonyl (C=O) groups is 2. The Kier molecular flexibility index (Phi) is 32.9. The molecule has 1 atom stereocenters. The number of aliphatic hydroxyl groups excluding tert-OH is 1. The molecule has 60 heavy (non-hydrogen) atoms. The summed E-state index contributed by atoms with van der Waals surface area (Å²) in [6.45, 7) is 11.0. The monoisotopic (exact) mass is 908 g/mol. The van der Waals surface area contributed by atoms with E-state index in [1.165, 1.54) is 0 Å². The van der Waals surface area contributed by atoms with Crippen LogP contribution in [0.25, 0.3) is 0 Å². The molecule has 4 rings (SSSR count). The Bertz CT molecular complexity index is 1250. The molecular weight excluding hydrogens is 848 g/mol. The van der Waals surface area contributed by atoms with E-state index < -0.39 is 90.1 Å². The Labute approximate surface area is 401 Å². The fourth-order valence-corrected chi connectivity index (χ4v) is 5.58. The van der Waals surface area contributed by atoms with Crippen LogP contribution in [0.15, 0.2) is 30.3 Å². The van der Waals surface area contributed by atoms with E-state index in [0.29, 0.717) is 0 Å². The third kappa shape index (κ3) is 32.2. The third-order valence-electron chi connectivity index (χ3n) is 8.43. The van der Waals surface area contributed by atoms with Crippen LogP contribution in [0.2, 0.25) is 0 Å². The summed E-state index contributed by atoms with van der Waals surface area (Å²) < 4.78 is 134. The van der Waals surface area contributed by atoms with E-state index in [9.17, 15) is 58.6 Å². The van der Waals surface area contributed by atoms with E-state index in [2.05, 4.69) is 0 Å². The van der Waals surface area contributed by atoms with Crippen LogP contribution in [0.3, 0.4) is 0 Å². The fourth-order valence-electron chi connectivity index (χ4n) is 5.58. The first-order chi connectivity index (χ1) is 25.7. The van der Waals surface area contributed by atoms with Crippen LogP contribution in [-0.4, -0.2) is 81.0 Å². The average molecular weight is 909 g/mol. The number of rotatable bonds is 8. The van der Waals surface area contributed by atoms with Gasteiger partial charge in [0.1, 0.15) is 6.61 Å². The largest absolute Gasteiger partial charge is 1.00 e. The quantitative estimate of drug-likeness (QED) is 0.201. The molecule has 2 aliphatic carbocycles. The summed E-state index contributed by atoms with van der Waals surface area (Å²) in [5, 5.41) is 35.8. The minimum absolute atomic E-state index is 0. The molecule has 3 fully saturated rings. The molecule has 0 aromatic heterocycles. The third-order valence-corrected chi connectivity index (χ3v) is 8.43. The smallest absolute Gasteiger partial charge is 0.870 e. The Hall–Kier alpha value is -0.506. The van der Waals surface area contributed by atoms with Crippen LogP contribution in [0, 0.1) is 23.7 Å². The molecule has 0 amide bonds. The van der Waals surface area contributed by atoms with Gasteiger partial charge < -0.3 is 35.4 Å². The number of aliphatic carboxylic acids is 1. The van der Waals surface area contributed by atoms with Gasteiger partial charge in [0, 0.05) is 25.9 Å². The summed E-state index contributed by atoms with van der Waals surface area (Å²) in [6, 6.07) is 9.08. The standard InChI is InChI=1S/C17H19F5O2.C10H13F5O2.C4H8O2.C4H10O.C4H9O.K.Li.H2O/c18-16(19,17(20,21)22)10-12-6-8-14(9-7-12)15(23)24-11-13-4-2-1-3-5-13;11-9(12,10(13,14)15)5-6-1-3-7(4-2-6)8(16)17;5-4-2-1-3-6-4;2*1-4(2,3)5;;;/h1-5,12,14H,6-11H2;6-7H,1-5H2,(H,16,17);4-5H,1-3H2;5H,1-3H3;1-3H3;;;1H2/q;;;;-1;2*+1;/p-1. The zero-order valence-corrected chi connectivity index (χ0v) is 38.9. The van der Waals surface area contributed by atoms with Gasteiger partial charge in [-0.3, -0.25) is 9.59 Å². The summed E-state index contributed by atoms with van der Waals surface area (Å²) in [4.78, 5) is 22.5. The second kappa shape index (κ2) is 29.8. The molecule has 9 nitrogen and oxygen atoms in total. The number of carboxylic acids is 1. The molecule has 1 saturated heterocycles. The maximum absolute atomic E-state index is 13.1. The average Bonchev–Trinajstić information content (AvgIpc) is 3.53. The summed E-state index contributed by atoms with van der Waals surface area (Å²) in [5.74, 6) is -13.3. The molecular formula is C39H60F10KLiO9. The van der Waals surface area contributed by atoms with E-state index in [4.69, 9.17) is 24.8 Å². The fraction of sp³-hybridized carbons (Fsp3) is 0.795. The number of ether oxygens (including phenoxy) is 2. The van der Waals surface area contributed by atoms with E-state index in [0.717, 1.165) is 25.0 Å². The Morgan fingerprint density at radius 1 is 0.717 bits per heavy atom. The molecule has 3 aliphatic rings. The normalized spacial score (nSPS) is 21.9. The van der Waals surface area contributed by atoms with Crippen molar-refractivity contribution in [2.75, 3.05) is 6.61 Å². The van der Waals surface area contributed by atoms with Crippen molar-refractivity contribution in [1.82, 2.24) is 0 Å². The Balaban J connectivity index is -0.000000377. The topological polar surface area (TPSA) is 166 Å². The van der Waals surface area contributed by atoms with Crippen molar-refractivity contribution in [1.29, 1.82) is 0 Å². The van der Waals surface area contributed by atoms with Crippen molar-refractivity contribution in [3.63, 3.8) is 0 Å². The van der Waals surface area contributed by atoms with Gasteiger partial charge in [0.2, 0.25) is 0 Å². The first-order valence-corrected chi connectivity index (χ1v) is 18.8. The van der Waals surface area contributed by atoms with E-state index in [1.54, 1.807) is 41.5 Å². The van der Waals surface area contributed by atoms with Gasteiger partial charge in [-0.05, 0) is 96.0 Å². The molecule has 1 unspecified atom stereocenters.